The van der Waals surface area contributed by atoms with Crippen LogP contribution in [0.1, 0.15) is 0 Å². The maximum Gasteiger partial charge on any atom is 0.401 e. The molecule has 0 aliphatic carbocycles. The number of carbonyl (C=O) groups is 1. The van der Waals surface area contributed by atoms with Crippen molar-refractivity contribution in [3.63, 3.8) is 0 Å². The van der Waals surface area contributed by atoms with E-state index in [0.717, 1.165) is 6.07 Å². The zero-order valence-corrected chi connectivity index (χ0v) is 10.6. The first kappa shape index (κ1) is 16.2. The van der Waals surface area contributed by atoms with Crippen LogP contribution in [0.3, 0.4) is 0 Å². The Balaban J connectivity index is 2.64. The third-order valence-electron chi connectivity index (χ3n) is 2.04. The molecule has 1 rings (SSSR count). The second-order valence-corrected chi connectivity index (χ2v) is 4.12. The van der Waals surface area contributed by atoms with Crippen molar-refractivity contribution in [3.05, 3.63) is 33.3 Å². The molecule has 0 fully saturated rings. The number of benzene rings is 1. The zero-order chi connectivity index (χ0) is 15.3. The number of anilines is 1. The minimum atomic E-state index is -4.44. The number of halogens is 4. The lowest BCUT2D eigenvalue weighted by molar-refractivity contribution is -0.383. The highest BCUT2D eigenvalue weighted by Crippen LogP contribution is 2.27. The molecule has 1 amide bonds. The van der Waals surface area contributed by atoms with Crippen molar-refractivity contribution < 1.29 is 22.9 Å². The lowest BCUT2D eigenvalue weighted by Gasteiger charge is -2.09. The summed E-state index contributed by atoms with van der Waals surface area (Å²) in [6, 6.07) is 3.54. The molecule has 0 bridgehead atoms. The number of nitrogens with one attached hydrogen (secondary N) is 2. The van der Waals surface area contributed by atoms with E-state index in [4.69, 9.17) is 11.6 Å². The van der Waals surface area contributed by atoms with E-state index in [1.165, 1.54) is 12.1 Å². The van der Waals surface area contributed by atoms with E-state index >= 15 is 0 Å². The van der Waals surface area contributed by atoms with Gasteiger partial charge in [0.1, 0.15) is 5.69 Å². The fraction of sp³-hybridized carbons (Fsp3) is 0.300. The lowest BCUT2D eigenvalue weighted by Crippen LogP contribution is -2.35. The molecule has 0 aromatic heterocycles. The molecule has 0 heterocycles. The lowest BCUT2D eigenvalue weighted by atomic mass is 10.2. The van der Waals surface area contributed by atoms with Crippen LogP contribution in [-0.4, -0.2) is 30.1 Å². The van der Waals surface area contributed by atoms with Gasteiger partial charge in [-0.2, -0.15) is 13.2 Å². The van der Waals surface area contributed by atoms with Crippen molar-refractivity contribution in [2.45, 2.75) is 6.18 Å². The summed E-state index contributed by atoms with van der Waals surface area (Å²) in [6.45, 7) is -1.96. The first-order valence-electron chi connectivity index (χ1n) is 5.20. The Morgan fingerprint density at radius 2 is 2.05 bits per heavy atom. The molecule has 0 spiro atoms. The predicted octanol–water partition coefficient (Wildman–Crippen LogP) is 2.34. The molecule has 0 atom stereocenters. The van der Waals surface area contributed by atoms with Crippen molar-refractivity contribution >= 4 is 28.9 Å². The summed E-state index contributed by atoms with van der Waals surface area (Å²) in [5.41, 5.74) is -0.583. The number of nitrogens with zero attached hydrogens (tertiary/aromatic N) is 1. The largest absolute Gasteiger partial charge is 0.401 e. The summed E-state index contributed by atoms with van der Waals surface area (Å²) in [6.07, 6.45) is -4.44. The van der Waals surface area contributed by atoms with Crippen LogP contribution >= 0.6 is 11.6 Å². The van der Waals surface area contributed by atoms with Gasteiger partial charge in [-0.3, -0.25) is 14.9 Å². The molecule has 0 aliphatic heterocycles. The third-order valence-corrected chi connectivity index (χ3v) is 2.28. The average molecular weight is 312 g/mol. The molecule has 0 saturated heterocycles. The monoisotopic (exact) mass is 311 g/mol. The van der Waals surface area contributed by atoms with Crippen molar-refractivity contribution in [1.29, 1.82) is 0 Å². The smallest absolute Gasteiger partial charge is 0.319 e. The van der Waals surface area contributed by atoms with Crippen LogP contribution in [0.15, 0.2) is 18.2 Å². The summed E-state index contributed by atoms with van der Waals surface area (Å²) >= 11 is 5.58. The number of nitro benzene ring substituents is 1. The molecule has 10 heteroatoms. The fourth-order valence-electron chi connectivity index (χ4n) is 1.27. The van der Waals surface area contributed by atoms with Gasteiger partial charge in [0, 0.05) is 11.1 Å². The topological polar surface area (TPSA) is 84.3 Å². The van der Waals surface area contributed by atoms with E-state index in [1.54, 1.807) is 0 Å². The highest BCUT2D eigenvalue weighted by atomic mass is 35.5. The first-order chi connectivity index (χ1) is 9.19. The van der Waals surface area contributed by atoms with Gasteiger partial charge in [-0.25, -0.2) is 0 Å². The minimum Gasteiger partial charge on any atom is -0.319 e. The van der Waals surface area contributed by atoms with Crippen LogP contribution in [0.5, 0.6) is 0 Å². The molecule has 6 nitrogen and oxygen atoms in total. The molecule has 0 unspecified atom stereocenters. The summed E-state index contributed by atoms with van der Waals surface area (Å²) in [5, 5.41) is 14.8. The summed E-state index contributed by atoms with van der Waals surface area (Å²) in [4.78, 5) is 21.3. The van der Waals surface area contributed by atoms with Gasteiger partial charge in [0.15, 0.2) is 0 Å². The Labute approximate surface area is 116 Å². The van der Waals surface area contributed by atoms with Crippen LogP contribution in [0.25, 0.3) is 0 Å². The van der Waals surface area contributed by atoms with E-state index < -0.39 is 35.8 Å². The Morgan fingerprint density at radius 1 is 1.40 bits per heavy atom. The maximum atomic E-state index is 11.8. The second-order valence-electron chi connectivity index (χ2n) is 3.69. The molecule has 0 saturated carbocycles. The second kappa shape index (κ2) is 6.53. The van der Waals surface area contributed by atoms with Gasteiger partial charge in [-0.05, 0) is 12.1 Å². The van der Waals surface area contributed by atoms with Crippen LogP contribution in [-0.2, 0) is 4.79 Å². The number of carbonyl (C=O) groups excluding carboxylic acids is 1. The molecular weight excluding hydrogens is 303 g/mol. The minimum absolute atomic E-state index is 0.102. The van der Waals surface area contributed by atoms with E-state index in [-0.39, 0.29) is 10.7 Å². The van der Waals surface area contributed by atoms with Gasteiger partial charge in [0.2, 0.25) is 5.91 Å². The van der Waals surface area contributed by atoms with Crippen molar-refractivity contribution in [3.8, 4) is 0 Å². The van der Waals surface area contributed by atoms with E-state index in [9.17, 15) is 28.1 Å². The van der Waals surface area contributed by atoms with Gasteiger partial charge < -0.3 is 10.6 Å². The standard InChI is InChI=1S/C10H9ClF3N3O3/c11-6-1-2-7(8(3-6)17(19)20)16-9(18)4-15-5-10(12,13)14/h1-3,15H,4-5H2,(H,16,18). The average Bonchev–Trinajstić information content (AvgIpc) is 2.29. The number of amides is 1. The van der Waals surface area contributed by atoms with Crippen molar-refractivity contribution in [2.75, 3.05) is 18.4 Å². The van der Waals surface area contributed by atoms with Gasteiger partial charge in [-0.15, -0.1) is 0 Å². The van der Waals surface area contributed by atoms with Crippen molar-refractivity contribution in [1.82, 2.24) is 5.32 Å². The zero-order valence-electron chi connectivity index (χ0n) is 9.83. The predicted molar refractivity (Wildman–Crippen MR) is 65.7 cm³/mol. The molecular formula is C10H9ClF3N3O3. The van der Waals surface area contributed by atoms with Gasteiger partial charge >= 0.3 is 6.18 Å². The molecule has 110 valence electrons. The number of nitro groups is 1. The number of hydrogen-bond donors (Lipinski definition) is 2. The third kappa shape index (κ3) is 5.41. The van der Waals surface area contributed by atoms with E-state index in [2.05, 4.69) is 5.32 Å². The molecule has 2 N–H and O–H groups in total. The highest BCUT2D eigenvalue weighted by Gasteiger charge is 2.26. The summed E-state index contributed by atoms with van der Waals surface area (Å²) < 4.78 is 35.5. The Bertz CT molecular complexity index is 522. The Kier molecular flexibility index (Phi) is 5.28. The van der Waals surface area contributed by atoms with Crippen LogP contribution in [0, 0.1) is 10.1 Å². The SMILES string of the molecule is O=C(CNCC(F)(F)F)Nc1ccc(Cl)cc1[N+](=O)[O-]. The molecule has 0 aliphatic rings. The van der Waals surface area contributed by atoms with Crippen LogP contribution in [0.4, 0.5) is 24.5 Å². The number of alkyl halides is 3. The normalized spacial score (nSPS) is 11.2. The van der Waals surface area contributed by atoms with E-state index in [1.807, 2.05) is 5.32 Å². The molecule has 0 radical (unpaired) electrons. The number of hydrogen-bond acceptors (Lipinski definition) is 4. The van der Waals surface area contributed by atoms with Crippen LogP contribution < -0.4 is 10.6 Å². The maximum absolute atomic E-state index is 11.8. The van der Waals surface area contributed by atoms with Gasteiger partial charge in [-0.1, -0.05) is 11.6 Å². The Hall–Kier alpha value is -1.87. The number of rotatable bonds is 5. The van der Waals surface area contributed by atoms with Gasteiger partial charge in [0.25, 0.3) is 5.69 Å². The first-order valence-corrected chi connectivity index (χ1v) is 5.58. The molecule has 1 aromatic carbocycles. The van der Waals surface area contributed by atoms with E-state index in [0.29, 0.717) is 0 Å². The summed E-state index contributed by atoms with van der Waals surface area (Å²) in [7, 11) is 0. The Morgan fingerprint density at radius 3 is 2.60 bits per heavy atom. The highest BCUT2D eigenvalue weighted by molar-refractivity contribution is 6.31. The van der Waals surface area contributed by atoms with Crippen LogP contribution in [0.2, 0.25) is 5.02 Å². The van der Waals surface area contributed by atoms with Gasteiger partial charge in [0.05, 0.1) is 18.0 Å². The summed E-state index contributed by atoms with van der Waals surface area (Å²) in [5.74, 6) is -0.834. The fourth-order valence-corrected chi connectivity index (χ4v) is 1.44. The quantitative estimate of drug-likeness (QED) is 0.645. The van der Waals surface area contributed by atoms with Crippen molar-refractivity contribution in [2.24, 2.45) is 0 Å². The molecule has 1 aromatic rings. The molecule has 20 heavy (non-hydrogen) atoms.